The Morgan fingerprint density at radius 3 is 1.94 bits per heavy atom. The molecular weight excluding hydrogens is 220 g/mol. The van der Waals surface area contributed by atoms with E-state index in [0.717, 1.165) is 6.42 Å². The van der Waals surface area contributed by atoms with Crippen LogP contribution in [0.2, 0.25) is 0 Å². The monoisotopic (exact) mass is 246 g/mol. The van der Waals surface area contributed by atoms with Crippen molar-refractivity contribution in [2.75, 3.05) is 0 Å². The van der Waals surface area contributed by atoms with Gasteiger partial charge in [0.2, 0.25) is 0 Å². The average molecular weight is 246 g/mol. The van der Waals surface area contributed by atoms with Crippen molar-refractivity contribution in [3.8, 4) is 0 Å². The van der Waals surface area contributed by atoms with Crippen molar-refractivity contribution >= 4 is 5.97 Å². The van der Waals surface area contributed by atoms with Crippen LogP contribution < -0.4 is 0 Å². The van der Waals surface area contributed by atoms with E-state index in [9.17, 15) is 4.79 Å². The fourth-order valence-corrected chi connectivity index (χ4v) is 1.81. The first-order valence-electron chi connectivity index (χ1n) is 5.99. The van der Waals surface area contributed by atoms with E-state index in [1.807, 2.05) is 6.92 Å². The van der Waals surface area contributed by atoms with Crippen molar-refractivity contribution in [3.63, 3.8) is 0 Å². The van der Waals surface area contributed by atoms with Crippen LogP contribution in [0, 0.1) is 11.3 Å². The van der Waals surface area contributed by atoms with Crippen molar-refractivity contribution in [1.82, 2.24) is 0 Å². The SMILES string of the molecule is CC(CC(C)(C)C)C(OO)C(=O)OC(C)(C)C. The Morgan fingerprint density at radius 2 is 1.65 bits per heavy atom. The summed E-state index contributed by atoms with van der Waals surface area (Å²) in [5.41, 5.74) is -0.506. The third kappa shape index (κ3) is 7.34. The fourth-order valence-electron chi connectivity index (χ4n) is 1.81. The van der Waals surface area contributed by atoms with Crippen LogP contribution in [-0.2, 0) is 14.4 Å². The summed E-state index contributed by atoms with van der Waals surface area (Å²) in [5, 5.41) is 8.86. The summed E-state index contributed by atoms with van der Waals surface area (Å²) in [7, 11) is 0. The molecule has 0 aromatic rings. The van der Waals surface area contributed by atoms with Crippen LogP contribution in [-0.4, -0.2) is 22.9 Å². The summed E-state index contributed by atoms with van der Waals surface area (Å²) in [6.07, 6.45) is -0.161. The number of hydrogen-bond donors (Lipinski definition) is 1. The van der Waals surface area contributed by atoms with E-state index >= 15 is 0 Å². The van der Waals surface area contributed by atoms with E-state index in [2.05, 4.69) is 25.7 Å². The standard InChI is InChI=1S/C13H26O4/c1-9(8-12(2,3)4)10(17-15)11(14)16-13(5,6)7/h9-10,15H,8H2,1-7H3. The highest BCUT2D eigenvalue weighted by Gasteiger charge is 2.33. The van der Waals surface area contributed by atoms with Crippen LogP contribution >= 0.6 is 0 Å². The van der Waals surface area contributed by atoms with Gasteiger partial charge in [0.1, 0.15) is 5.60 Å². The number of rotatable bonds is 4. The summed E-state index contributed by atoms with van der Waals surface area (Å²) in [5.74, 6) is -0.619. The van der Waals surface area contributed by atoms with E-state index in [4.69, 9.17) is 9.99 Å². The molecule has 4 nitrogen and oxygen atoms in total. The Bertz CT molecular complexity index is 247. The molecule has 2 unspecified atom stereocenters. The van der Waals surface area contributed by atoms with Gasteiger partial charge >= 0.3 is 5.97 Å². The van der Waals surface area contributed by atoms with Crippen molar-refractivity contribution < 1.29 is 19.7 Å². The van der Waals surface area contributed by atoms with E-state index < -0.39 is 17.7 Å². The number of carbonyl (C=O) groups is 1. The lowest BCUT2D eigenvalue weighted by molar-refractivity contribution is -0.290. The summed E-state index contributed by atoms with van der Waals surface area (Å²) in [6.45, 7) is 13.5. The van der Waals surface area contributed by atoms with Gasteiger partial charge in [0.05, 0.1) is 0 Å². The van der Waals surface area contributed by atoms with Gasteiger partial charge in [-0.05, 0) is 38.5 Å². The average Bonchev–Trinajstić information content (AvgIpc) is 1.96. The molecule has 4 heteroatoms. The summed E-state index contributed by atoms with van der Waals surface area (Å²) < 4.78 is 5.20. The molecule has 0 rings (SSSR count). The Labute approximate surface area is 104 Å². The molecule has 1 N–H and O–H groups in total. The molecule has 0 radical (unpaired) electrons. The Kier molecular flexibility index (Phi) is 5.62. The van der Waals surface area contributed by atoms with Gasteiger partial charge in [0, 0.05) is 0 Å². The first-order valence-corrected chi connectivity index (χ1v) is 5.99. The van der Waals surface area contributed by atoms with Gasteiger partial charge in [0.15, 0.2) is 6.10 Å². The molecule has 0 fully saturated rings. The minimum atomic E-state index is -0.923. The molecule has 0 saturated carbocycles. The van der Waals surface area contributed by atoms with E-state index in [-0.39, 0.29) is 11.3 Å². The smallest absolute Gasteiger partial charge is 0.339 e. The fraction of sp³-hybridized carbons (Fsp3) is 0.923. The van der Waals surface area contributed by atoms with E-state index in [0.29, 0.717) is 0 Å². The van der Waals surface area contributed by atoms with Crippen LogP contribution in [0.4, 0.5) is 0 Å². The van der Waals surface area contributed by atoms with Crippen LogP contribution in [0.25, 0.3) is 0 Å². The zero-order chi connectivity index (χ0) is 13.9. The quantitative estimate of drug-likeness (QED) is 0.470. The first-order chi connectivity index (χ1) is 7.46. The summed E-state index contributed by atoms with van der Waals surface area (Å²) in [6, 6.07) is 0. The maximum absolute atomic E-state index is 11.8. The van der Waals surface area contributed by atoms with E-state index in [1.165, 1.54) is 0 Å². The molecule has 17 heavy (non-hydrogen) atoms. The molecule has 0 saturated heterocycles. The summed E-state index contributed by atoms with van der Waals surface area (Å²) in [4.78, 5) is 16.1. The van der Waals surface area contributed by atoms with Gasteiger partial charge in [-0.15, -0.1) is 0 Å². The predicted octanol–water partition coefficient (Wildman–Crippen LogP) is 3.26. The number of ether oxygens (including phenoxy) is 1. The summed E-state index contributed by atoms with van der Waals surface area (Å²) >= 11 is 0. The normalized spacial score (nSPS) is 16.5. The molecule has 0 amide bonds. The maximum atomic E-state index is 11.8. The molecule has 0 heterocycles. The van der Waals surface area contributed by atoms with Crippen molar-refractivity contribution in [2.45, 2.75) is 66.6 Å². The van der Waals surface area contributed by atoms with Gasteiger partial charge in [-0.1, -0.05) is 27.7 Å². The van der Waals surface area contributed by atoms with Gasteiger partial charge < -0.3 is 4.74 Å². The Balaban J connectivity index is 4.56. The minimum absolute atomic E-state index is 0.0677. The highest BCUT2D eigenvalue weighted by Crippen LogP contribution is 2.28. The highest BCUT2D eigenvalue weighted by atomic mass is 17.1. The zero-order valence-electron chi connectivity index (χ0n) is 12.0. The lowest BCUT2D eigenvalue weighted by Crippen LogP contribution is -2.38. The van der Waals surface area contributed by atoms with Gasteiger partial charge in [-0.3, -0.25) is 5.26 Å². The molecule has 102 valence electrons. The molecule has 0 aliphatic heterocycles. The molecule has 2 atom stereocenters. The van der Waals surface area contributed by atoms with Crippen LogP contribution in [0.15, 0.2) is 0 Å². The second-order valence-corrected chi connectivity index (χ2v) is 6.80. The molecule has 0 aliphatic carbocycles. The lowest BCUT2D eigenvalue weighted by atomic mass is 9.83. The number of esters is 1. The second kappa shape index (κ2) is 5.83. The molecule has 0 spiro atoms. The van der Waals surface area contributed by atoms with Crippen LogP contribution in [0.3, 0.4) is 0 Å². The predicted molar refractivity (Wildman–Crippen MR) is 66.6 cm³/mol. The minimum Gasteiger partial charge on any atom is -0.458 e. The molecule has 0 aromatic carbocycles. The van der Waals surface area contributed by atoms with Crippen molar-refractivity contribution in [1.29, 1.82) is 0 Å². The molecule has 0 aromatic heterocycles. The first kappa shape index (κ1) is 16.4. The second-order valence-electron chi connectivity index (χ2n) is 6.80. The highest BCUT2D eigenvalue weighted by molar-refractivity contribution is 5.75. The molecule has 0 aliphatic rings. The largest absolute Gasteiger partial charge is 0.458 e. The Morgan fingerprint density at radius 1 is 1.18 bits per heavy atom. The third-order valence-electron chi connectivity index (χ3n) is 2.20. The lowest BCUT2D eigenvalue weighted by Gasteiger charge is -2.29. The Hall–Kier alpha value is -0.610. The number of hydrogen-bond acceptors (Lipinski definition) is 4. The molecule has 0 bridgehead atoms. The zero-order valence-corrected chi connectivity index (χ0v) is 12.0. The van der Waals surface area contributed by atoms with Gasteiger partial charge in [0.25, 0.3) is 0 Å². The van der Waals surface area contributed by atoms with Crippen LogP contribution in [0.1, 0.15) is 54.9 Å². The number of carbonyl (C=O) groups excluding carboxylic acids is 1. The molecular formula is C13H26O4. The van der Waals surface area contributed by atoms with E-state index in [1.54, 1.807) is 20.8 Å². The van der Waals surface area contributed by atoms with Crippen molar-refractivity contribution in [2.24, 2.45) is 11.3 Å². The van der Waals surface area contributed by atoms with Crippen molar-refractivity contribution in [3.05, 3.63) is 0 Å². The van der Waals surface area contributed by atoms with Gasteiger partial charge in [-0.25, -0.2) is 9.68 Å². The topological polar surface area (TPSA) is 55.8 Å². The maximum Gasteiger partial charge on any atom is 0.339 e. The van der Waals surface area contributed by atoms with Gasteiger partial charge in [-0.2, -0.15) is 0 Å². The van der Waals surface area contributed by atoms with Crippen LogP contribution in [0.5, 0.6) is 0 Å². The third-order valence-corrected chi connectivity index (χ3v) is 2.20.